The average molecular weight is 306 g/mol. The molecule has 0 amide bonds. The molecule has 21 heavy (non-hydrogen) atoms. The van der Waals surface area contributed by atoms with Crippen LogP contribution in [-0.4, -0.2) is 4.98 Å². The molecule has 3 N–H and O–H groups in total. The number of hydrazine groups is 1. The van der Waals surface area contributed by atoms with Gasteiger partial charge in [0.2, 0.25) is 0 Å². The van der Waals surface area contributed by atoms with Crippen molar-refractivity contribution in [1.29, 1.82) is 0 Å². The SMILES string of the molecule is Cc1cc(Cl)c(C(C)C)cc1OCc1cccnc1NN. The summed E-state index contributed by atoms with van der Waals surface area (Å²) in [7, 11) is 0. The molecule has 5 heteroatoms. The first-order valence-electron chi connectivity index (χ1n) is 6.86. The molecule has 0 aliphatic carbocycles. The highest BCUT2D eigenvalue weighted by Gasteiger charge is 2.11. The maximum Gasteiger partial charge on any atom is 0.146 e. The third-order valence-electron chi connectivity index (χ3n) is 3.33. The van der Waals surface area contributed by atoms with Crippen LogP contribution < -0.4 is 16.0 Å². The Balaban J connectivity index is 2.22. The van der Waals surface area contributed by atoms with Crippen LogP contribution >= 0.6 is 11.6 Å². The molecule has 1 heterocycles. The first-order chi connectivity index (χ1) is 10.0. The van der Waals surface area contributed by atoms with Gasteiger partial charge in [-0.15, -0.1) is 0 Å². The summed E-state index contributed by atoms with van der Waals surface area (Å²) >= 11 is 6.27. The van der Waals surface area contributed by atoms with Crippen LogP contribution in [0.15, 0.2) is 30.5 Å². The summed E-state index contributed by atoms with van der Waals surface area (Å²) in [5.74, 6) is 7.24. The molecule has 112 valence electrons. The largest absolute Gasteiger partial charge is 0.488 e. The second-order valence-corrected chi connectivity index (χ2v) is 5.65. The van der Waals surface area contributed by atoms with E-state index in [1.807, 2.05) is 31.2 Å². The Kier molecular flexibility index (Phi) is 5.04. The van der Waals surface area contributed by atoms with Crippen LogP contribution in [0.1, 0.15) is 36.5 Å². The van der Waals surface area contributed by atoms with Gasteiger partial charge in [-0.3, -0.25) is 0 Å². The summed E-state index contributed by atoms with van der Waals surface area (Å²) < 4.78 is 5.92. The van der Waals surface area contributed by atoms with E-state index in [0.717, 1.165) is 27.5 Å². The van der Waals surface area contributed by atoms with Gasteiger partial charge >= 0.3 is 0 Å². The van der Waals surface area contributed by atoms with Crippen molar-refractivity contribution in [2.75, 3.05) is 5.43 Å². The fourth-order valence-electron chi connectivity index (χ4n) is 2.11. The van der Waals surface area contributed by atoms with Crippen molar-refractivity contribution in [3.8, 4) is 5.75 Å². The lowest BCUT2D eigenvalue weighted by molar-refractivity contribution is 0.304. The topological polar surface area (TPSA) is 60.2 Å². The summed E-state index contributed by atoms with van der Waals surface area (Å²) in [4.78, 5) is 4.15. The van der Waals surface area contributed by atoms with E-state index in [0.29, 0.717) is 18.3 Å². The van der Waals surface area contributed by atoms with Crippen molar-refractivity contribution in [1.82, 2.24) is 4.98 Å². The Labute approximate surface area is 130 Å². The Morgan fingerprint density at radius 2 is 2.14 bits per heavy atom. The molecular formula is C16H20ClN3O. The molecule has 0 saturated carbocycles. The number of pyridine rings is 1. The third kappa shape index (κ3) is 3.65. The monoisotopic (exact) mass is 305 g/mol. The Morgan fingerprint density at radius 1 is 1.38 bits per heavy atom. The van der Waals surface area contributed by atoms with Gasteiger partial charge in [0.25, 0.3) is 0 Å². The number of nitrogens with one attached hydrogen (secondary N) is 1. The Bertz CT molecular complexity index is 629. The van der Waals surface area contributed by atoms with Gasteiger partial charge in [-0.1, -0.05) is 31.5 Å². The zero-order valence-electron chi connectivity index (χ0n) is 12.5. The molecule has 0 fully saturated rings. The van der Waals surface area contributed by atoms with Gasteiger partial charge in [0.05, 0.1) is 0 Å². The molecule has 2 aromatic rings. The number of anilines is 1. The van der Waals surface area contributed by atoms with Crippen LogP contribution in [0, 0.1) is 6.92 Å². The maximum atomic E-state index is 6.27. The van der Waals surface area contributed by atoms with Gasteiger partial charge in [-0.05, 0) is 42.2 Å². The summed E-state index contributed by atoms with van der Waals surface area (Å²) in [6.45, 7) is 6.60. The molecule has 0 radical (unpaired) electrons. The molecule has 0 aliphatic rings. The second kappa shape index (κ2) is 6.78. The van der Waals surface area contributed by atoms with Crippen LogP contribution in [0.25, 0.3) is 0 Å². The standard InChI is InChI=1S/C16H20ClN3O/c1-10(2)13-8-15(11(3)7-14(13)17)21-9-12-5-4-6-19-16(12)20-18/h4-8,10H,9,18H2,1-3H3,(H,19,20). The Hall–Kier alpha value is -1.78. The minimum absolute atomic E-state index is 0.347. The number of hydrogen-bond acceptors (Lipinski definition) is 4. The van der Waals surface area contributed by atoms with E-state index < -0.39 is 0 Å². The van der Waals surface area contributed by atoms with Crippen molar-refractivity contribution in [3.63, 3.8) is 0 Å². The highest BCUT2D eigenvalue weighted by Crippen LogP contribution is 2.32. The van der Waals surface area contributed by atoms with Gasteiger partial charge < -0.3 is 10.2 Å². The van der Waals surface area contributed by atoms with Crippen LogP contribution in [-0.2, 0) is 6.61 Å². The number of nitrogens with zero attached hydrogens (tertiary/aromatic N) is 1. The number of halogens is 1. The van der Waals surface area contributed by atoms with Crippen LogP contribution in [0.2, 0.25) is 5.02 Å². The molecule has 2 rings (SSSR count). The first kappa shape index (κ1) is 15.6. The highest BCUT2D eigenvalue weighted by atomic mass is 35.5. The van der Waals surface area contributed by atoms with E-state index in [2.05, 4.69) is 24.3 Å². The Morgan fingerprint density at radius 3 is 2.81 bits per heavy atom. The smallest absolute Gasteiger partial charge is 0.146 e. The predicted octanol–water partition coefficient (Wildman–Crippen LogP) is 4.03. The van der Waals surface area contributed by atoms with Crippen molar-refractivity contribution >= 4 is 17.4 Å². The predicted molar refractivity (Wildman–Crippen MR) is 86.7 cm³/mol. The second-order valence-electron chi connectivity index (χ2n) is 5.24. The van der Waals surface area contributed by atoms with Crippen molar-refractivity contribution < 1.29 is 4.74 Å². The minimum Gasteiger partial charge on any atom is -0.488 e. The molecular weight excluding hydrogens is 286 g/mol. The molecule has 0 bridgehead atoms. The average Bonchev–Trinajstić information content (AvgIpc) is 2.46. The van der Waals surface area contributed by atoms with E-state index in [4.69, 9.17) is 22.2 Å². The lowest BCUT2D eigenvalue weighted by Crippen LogP contribution is -2.12. The molecule has 0 spiro atoms. The fraction of sp³-hybridized carbons (Fsp3) is 0.312. The molecule has 0 saturated heterocycles. The molecule has 0 atom stereocenters. The minimum atomic E-state index is 0.347. The highest BCUT2D eigenvalue weighted by molar-refractivity contribution is 6.31. The summed E-state index contributed by atoms with van der Waals surface area (Å²) in [5, 5.41) is 0.778. The molecule has 0 aliphatic heterocycles. The third-order valence-corrected chi connectivity index (χ3v) is 3.65. The van der Waals surface area contributed by atoms with Gasteiger partial charge in [-0.2, -0.15) is 0 Å². The van der Waals surface area contributed by atoms with E-state index >= 15 is 0 Å². The van der Waals surface area contributed by atoms with Crippen LogP contribution in [0.3, 0.4) is 0 Å². The van der Waals surface area contributed by atoms with E-state index in [1.54, 1.807) is 6.20 Å². The normalized spacial score (nSPS) is 10.8. The lowest BCUT2D eigenvalue weighted by atomic mass is 10.0. The first-order valence-corrected chi connectivity index (χ1v) is 7.24. The number of hydrogen-bond donors (Lipinski definition) is 2. The molecule has 1 aromatic carbocycles. The van der Waals surface area contributed by atoms with Gasteiger partial charge in [-0.25, -0.2) is 10.8 Å². The van der Waals surface area contributed by atoms with Crippen LogP contribution in [0.4, 0.5) is 5.82 Å². The number of rotatable bonds is 5. The quantitative estimate of drug-likeness (QED) is 0.647. The zero-order valence-corrected chi connectivity index (χ0v) is 13.2. The number of aromatic nitrogens is 1. The van der Waals surface area contributed by atoms with E-state index in [9.17, 15) is 0 Å². The van der Waals surface area contributed by atoms with Crippen molar-refractivity contribution in [3.05, 3.63) is 52.2 Å². The lowest BCUT2D eigenvalue weighted by Gasteiger charge is -2.15. The number of aryl methyl sites for hydroxylation is 1. The fourth-order valence-corrected chi connectivity index (χ4v) is 2.54. The summed E-state index contributed by atoms with van der Waals surface area (Å²) in [6.07, 6.45) is 1.68. The molecule has 4 nitrogen and oxygen atoms in total. The van der Waals surface area contributed by atoms with Gasteiger partial charge in [0.15, 0.2) is 0 Å². The zero-order chi connectivity index (χ0) is 15.4. The van der Waals surface area contributed by atoms with E-state index in [-0.39, 0.29) is 0 Å². The van der Waals surface area contributed by atoms with E-state index in [1.165, 1.54) is 0 Å². The van der Waals surface area contributed by atoms with Crippen molar-refractivity contribution in [2.45, 2.75) is 33.3 Å². The summed E-state index contributed by atoms with van der Waals surface area (Å²) in [5.41, 5.74) is 5.57. The summed E-state index contributed by atoms with van der Waals surface area (Å²) in [6, 6.07) is 7.73. The van der Waals surface area contributed by atoms with Crippen molar-refractivity contribution in [2.24, 2.45) is 5.84 Å². The van der Waals surface area contributed by atoms with Crippen LogP contribution in [0.5, 0.6) is 5.75 Å². The maximum absolute atomic E-state index is 6.27. The number of nitrogens with two attached hydrogens (primary N) is 1. The number of benzene rings is 1. The van der Waals surface area contributed by atoms with Gasteiger partial charge in [0, 0.05) is 16.8 Å². The number of nitrogen functional groups attached to an aromatic ring is 1. The molecule has 1 aromatic heterocycles. The molecule has 0 unspecified atom stereocenters. The van der Waals surface area contributed by atoms with Gasteiger partial charge in [0.1, 0.15) is 18.2 Å². The number of ether oxygens (including phenoxy) is 1.